The molecule has 0 aliphatic rings. The van der Waals surface area contributed by atoms with Crippen molar-refractivity contribution in [1.29, 1.82) is 0 Å². The molecule has 17 heavy (non-hydrogen) atoms. The van der Waals surface area contributed by atoms with Crippen LogP contribution in [-0.2, 0) is 16.2 Å². The summed E-state index contributed by atoms with van der Waals surface area (Å²) >= 11 is 0. The Labute approximate surface area is 102 Å². The lowest BCUT2D eigenvalue weighted by molar-refractivity contribution is -0.144. The van der Waals surface area contributed by atoms with Crippen LogP contribution in [0.2, 0.25) is 0 Å². The van der Waals surface area contributed by atoms with E-state index in [2.05, 4.69) is 5.48 Å². The standard InChI is InChI=1S/C13H20N2O2/c1-3-13(2,10-14)12(16)15-17-9-11-7-5-4-6-8-11/h4-8H,3,9-10,14H2,1-2H3,(H,15,16). The van der Waals surface area contributed by atoms with Crippen LogP contribution in [-0.4, -0.2) is 12.5 Å². The van der Waals surface area contributed by atoms with Crippen LogP contribution >= 0.6 is 0 Å². The molecule has 1 aromatic rings. The van der Waals surface area contributed by atoms with Crippen LogP contribution in [0.5, 0.6) is 0 Å². The van der Waals surface area contributed by atoms with E-state index < -0.39 is 5.41 Å². The Kier molecular flexibility index (Phi) is 5.12. The lowest BCUT2D eigenvalue weighted by atomic mass is 9.87. The molecule has 94 valence electrons. The number of rotatable bonds is 6. The fourth-order valence-corrected chi connectivity index (χ4v) is 1.28. The van der Waals surface area contributed by atoms with Crippen molar-refractivity contribution in [2.24, 2.45) is 11.1 Å². The van der Waals surface area contributed by atoms with Gasteiger partial charge in [-0.3, -0.25) is 9.63 Å². The van der Waals surface area contributed by atoms with Crippen LogP contribution in [0.4, 0.5) is 0 Å². The molecule has 1 aromatic carbocycles. The molecule has 0 fully saturated rings. The first-order chi connectivity index (χ1) is 8.12. The zero-order chi connectivity index (χ0) is 12.7. The Morgan fingerprint density at radius 1 is 1.41 bits per heavy atom. The largest absolute Gasteiger partial charge is 0.329 e. The molecule has 0 spiro atoms. The molecule has 4 heteroatoms. The molecule has 0 bridgehead atoms. The maximum absolute atomic E-state index is 11.8. The number of hydrogen-bond donors (Lipinski definition) is 2. The summed E-state index contributed by atoms with van der Waals surface area (Å²) < 4.78 is 0. The minimum absolute atomic E-state index is 0.168. The topological polar surface area (TPSA) is 64.4 Å². The zero-order valence-electron chi connectivity index (χ0n) is 10.4. The van der Waals surface area contributed by atoms with Crippen LogP contribution < -0.4 is 11.2 Å². The Hall–Kier alpha value is -1.39. The number of carbonyl (C=O) groups is 1. The van der Waals surface area contributed by atoms with Gasteiger partial charge in [0.15, 0.2) is 0 Å². The highest BCUT2D eigenvalue weighted by Crippen LogP contribution is 2.18. The summed E-state index contributed by atoms with van der Waals surface area (Å²) in [5, 5.41) is 0. The van der Waals surface area contributed by atoms with Gasteiger partial charge in [-0.1, -0.05) is 37.3 Å². The minimum atomic E-state index is -0.559. The van der Waals surface area contributed by atoms with Gasteiger partial charge < -0.3 is 5.73 Å². The van der Waals surface area contributed by atoms with Gasteiger partial charge in [-0.05, 0) is 18.9 Å². The number of nitrogens with two attached hydrogens (primary N) is 1. The van der Waals surface area contributed by atoms with Crippen molar-refractivity contribution in [3.63, 3.8) is 0 Å². The highest BCUT2D eigenvalue weighted by atomic mass is 16.6. The Bertz CT molecular complexity index is 348. The van der Waals surface area contributed by atoms with Gasteiger partial charge in [0, 0.05) is 6.54 Å². The van der Waals surface area contributed by atoms with E-state index in [0.717, 1.165) is 5.56 Å². The Balaban J connectivity index is 2.39. The SMILES string of the molecule is CCC(C)(CN)C(=O)NOCc1ccccc1. The summed E-state index contributed by atoms with van der Waals surface area (Å²) in [7, 11) is 0. The van der Waals surface area contributed by atoms with E-state index in [1.165, 1.54) is 0 Å². The summed E-state index contributed by atoms with van der Waals surface area (Å²) in [4.78, 5) is 17.0. The maximum atomic E-state index is 11.8. The molecule has 0 aliphatic heterocycles. The molecule has 0 saturated heterocycles. The van der Waals surface area contributed by atoms with Crippen molar-refractivity contribution in [1.82, 2.24) is 5.48 Å². The monoisotopic (exact) mass is 236 g/mol. The van der Waals surface area contributed by atoms with Crippen molar-refractivity contribution < 1.29 is 9.63 Å². The second-order valence-corrected chi connectivity index (χ2v) is 4.32. The van der Waals surface area contributed by atoms with E-state index in [1.54, 1.807) is 0 Å². The average Bonchev–Trinajstić information content (AvgIpc) is 2.39. The minimum Gasteiger partial charge on any atom is -0.329 e. The number of carbonyl (C=O) groups excluding carboxylic acids is 1. The lowest BCUT2D eigenvalue weighted by Crippen LogP contribution is -2.43. The van der Waals surface area contributed by atoms with Crippen molar-refractivity contribution >= 4 is 5.91 Å². The highest BCUT2D eigenvalue weighted by Gasteiger charge is 2.29. The van der Waals surface area contributed by atoms with Gasteiger partial charge in [0.1, 0.15) is 0 Å². The average molecular weight is 236 g/mol. The summed E-state index contributed by atoms with van der Waals surface area (Å²) in [6, 6.07) is 9.67. The summed E-state index contributed by atoms with van der Waals surface area (Å²) in [5.41, 5.74) is 8.49. The quantitative estimate of drug-likeness (QED) is 0.737. The number of benzene rings is 1. The van der Waals surface area contributed by atoms with E-state index in [9.17, 15) is 4.79 Å². The number of hydroxylamine groups is 1. The predicted molar refractivity (Wildman–Crippen MR) is 66.8 cm³/mol. The summed E-state index contributed by atoms with van der Waals surface area (Å²) in [5.74, 6) is -0.168. The van der Waals surface area contributed by atoms with Crippen LogP contribution in [0.1, 0.15) is 25.8 Å². The number of hydrogen-bond acceptors (Lipinski definition) is 3. The highest BCUT2D eigenvalue weighted by molar-refractivity contribution is 5.81. The van der Waals surface area contributed by atoms with Crippen LogP contribution in [0.3, 0.4) is 0 Å². The van der Waals surface area contributed by atoms with Crippen molar-refractivity contribution in [2.75, 3.05) is 6.54 Å². The van der Waals surface area contributed by atoms with Gasteiger partial charge in [0.25, 0.3) is 5.91 Å². The number of amides is 1. The third kappa shape index (κ3) is 3.84. The van der Waals surface area contributed by atoms with E-state index >= 15 is 0 Å². The molecule has 1 unspecified atom stereocenters. The molecule has 4 nitrogen and oxygen atoms in total. The molecular formula is C13H20N2O2. The van der Waals surface area contributed by atoms with E-state index in [1.807, 2.05) is 44.2 Å². The van der Waals surface area contributed by atoms with E-state index in [4.69, 9.17) is 10.6 Å². The molecule has 0 aromatic heterocycles. The molecule has 0 radical (unpaired) electrons. The second kappa shape index (κ2) is 6.37. The molecular weight excluding hydrogens is 216 g/mol. The summed E-state index contributed by atoms with van der Waals surface area (Å²) in [6.45, 7) is 4.43. The van der Waals surface area contributed by atoms with Gasteiger partial charge in [0.2, 0.25) is 0 Å². The molecule has 0 aliphatic carbocycles. The summed E-state index contributed by atoms with van der Waals surface area (Å²) in [6.07, 6.45) is 0.685. The molecule has 1 amide bonds. The van der Waals surface area contributed by atoms with Gasteiger partial charge in [-0.2, -0.15) is 0 Å². The normalized spacial score (nSPS) is 14.1. The van der Waals surface area contributed by atoms with Gasteiger partial charge in [0.05, 0.1) is 12.0 Å². The maximum Gasteiger partial charge on any atom is 0.250 e. The molecule has 3 N–H and O–H groups in total. The molecule has 0 heterocycles. The van der Waals surface area contributed by atoms with Crippen LogP contribution in [0.25, 0.3) is 0 Å². The van der Waals surface area contributed by atoms with Crippen molar-refractivity contribution in [2.45, 2.75) is 26.9 Å². The fourth-order valence-electron chi connectivity index (χ4n) is 1.28. The fraction of sp³-hybridized carbons (Fsp3) is 0.462. The third-order valence-electron chi connectivity index (χ3n) is 3.03. The third-order valence-corrected chi connectivity index (χ3v) is 3.03. The van der Waals surface area contributed by atoms with Crippen molar-refractivity contribution in [3.8, 4) is 0 Å². The number of nitrogens with one attached hydrogen (secondary N) is 1. The Morgan fingerprint density at radius 3 is 2.59 bits per heavy atom. The van der Waals surface area contributed by atoms with Gasteiger partial charge in [-0.25, -0.2) is 5.48 Å². The second-order valence-electron chi connectivity index (χ2n) is 4.32. The van der Waals surface area contributed by atoms with E-state index in [-0.39, 0.29) is 5.91 Å². The van der Waals surface area contributed by atoms with Gasteiger partial charge >= 0.3 is 0 Å². The molecule has 1 rings (SSSR count). The first kappa shape index (κ1) is 13.7. The first-order valence-corrected chi connectivity index (χ1v) is 5.78. The first-order valence-electron chi connectivity index (χ1n) is 5.78. The molecule has 1 atom stereocenters. The van der Waals surface area contributed by atoms with Crippen LogP contribution in [0, 0.1) is 5.41 Å². The van der Waals surface area contributed by atoms with Gasteiger partial charge in [-0.15, -0.1) is 0 Å². The zero-order valence-corrected chi connectivity index (χ0v) is 10.4. The molecule has 0 saturated carbocycles. The van der Waals surface area contributed by atoms with E-state index in [0.29, 0.717) is 19.6 Å². The Morgan fingerprint density at radius 2 is 2.06 bits per heavy atom. The van der Waals surface area contributed by atoms with Crippen LogP contribution in [0.15, 0.2) is 30.3 Å². The predicted octanol–water partition coefficient (Wildman–Crippen LogP) is 1.61. The lowest BCUT2D eigenvalue weighted by Gasteiger charge is -2.24. The smallest absolute Gasteiger partial charge is 0.250 e. The van der Waals surface area contributed by atoms with Crippen molar-refractivity contribution in [3.05, 3.63) is 35.9 Å².